The average molecular weight is 323 g/mol. The molecule has 1 unspecified atom stereocenters. The van der Waals surface area contributed by atoms with E-state index in [-0.39, 0.29) is 17.3 Å². The summed E-state index contributed by atoms with van der Waals surface area (Å²) < 4.78 is 13.6. The molecule has 0 saturated carbocycles. The summed E-state index contributed by atoms with van der Waals surface area (Å²) in [6.07, 6.45) is 1.48. The van der Waals surface area contributed by atoms with Crippen molar-refractivity contribution < 1.29 is 9.31 Å². The zero-order valence-electron chi connectivity index (χ0n) is 12.6. The Bertz CT molecular complexity index is 856. The highest BCUT2D eigenvalue weighted by Gasteiger charge is 2.20. The molecule has 24 heavy (non-hydrogen) atoms. The fourth-order valence-electron chi connectivity index (χ4n) is 2.48. The standard InChI is InChI=1S/C18H14FN3O2/c19-15-9-4-8-14(12-15)17(13-6-2-1-3-7-13)21-18-16(22(23)24)10-5-11-20-18/h1-12,17H,(H,20,21). The molecule has 1 aromatic heterocycles. The van der Waals surface area contributed by atoms with Crippen LogP contribution in [0.1, 0.15) is 17.2 Å². The predicted molar refractivity (Wildman–Crippen MR) is 89.2 cm³/mol. The van der Waals surface area contributed by atoms with Crippen LogP contribution in [0.2, 0.25) is 0 Å². The van der Waals surface area contributed by atoms with Crippen LogP contribution < -0.4 is 5.32 Å². The summed E-state index contributed by atoms with van der Waals surface area (Å²) in [5, 5.41) is 14.3. The number of nitrogens with zero attached hydrogens (tertiary/aromatic N) is 2. The largest absolute Gasteiger partial charge is 0.353 e. The van der Waals surface area contributed by atoms with E-state index < -0.39 is 11.0 Å². The van der Waals surface area contributed by atoms with Gasteiger partial charge in [-0.3, -0.25) is 10.1 Å². The monoisotopic (exact) mass is 323 g/mol. The van der Waals surface area contributed by atoms with E-state index in [2.05, 4.69) is 10.3 Å². The molecule has 0 aliphatic rings. The first-order valence-corrected chi connectivity index (χ1v) is 7.31. The molecule has 6 heteroatoms. The van der Waals surface area contributed by atoms with E-state index in [9.17, 15) is 14.5 Å². The van der Waals surface area contributed by atoms with Crippen LogP contribution in [0.15, 0.2) is 72.9 Å². The topological polar surface area (TPSA) is 68.1 Å². The van der Waals surface area contributed by atoms with E-state index in [0.29, 0.717) is 5.56 Å². The second-order valence-corrected chi connectivity index (χ2v) is 5.17. The maximum atomic E-state index is 13.6. The lowest BCUT2D eigenvalue weighted by Gasteiger charge is -2.20. The SMILES string of the molecule is O=[N+]([O-])c1cccnc1NC(c1ccccc1)c1cccc(F)c1. The van der Waals surface area contributed by atoms with Crippen LogP contribution in [0.4, 0.5) is 15.9 Å². The normalized spacial score (nSPS) is 11.7. The van der Waals surface area contributed by atoms with Crippen LogP contribution in [0.25, 0.3) is 0 Å². The van der Waals surface area contributed by atoms with Gasteiger partial charge < -0.3 is 5.32 Å². The summed E-state index contributed by atoms with van der Waals surface area (Å²) in [6.45, 7) is 0. The molecule has 0 aliphatic carbocycles. The van der Waals surface area contributed by atoms with Gasteiger partial charge in [-0.15, -0.1) is 0 Å². The van der Waals surface area contributed by atoms with Gasteiger partial charge >= 0.3 is 5.69 Å². The van der Waals surface area contributed by atoms with Crippen molar-refractivity contribution >= 4 is 11.5 Å². The number of nitrogens with one attached hydrogen (secondary N) is 1. The van der Waals surface area contributed by atoms with Crippen molar-refractivity contribution in [1.82, 2.24) is 4.98 Å². The number of nitro groups is 1. The van der Waals surface area contributed by atoms with Gasteiger partial charge in [-0.1, -0.05) is 42.5 Å². The number of hydrogen-bond acceptors (Lipinski definition) is 4. The van der Waals surface area contributed by atoms with Gasteiger partial charge in [0.2, 0.25) is 5.82 Å². The fraction of sp³-hybridized carbons (Fsp3) is 0.0556. The molecule has 0 fully saturated rings. The number of anilines is 1. The van der Waals surface area contributed by atoms with Gasteiger partial charge in [0.25, 0.3) is 0 Å². The van der Waals surface area contributed by atoms with Gasteiger partial charge in [0.1, 0.15) is 5.82 Å². The third-order valence-electron chi connectivity index (χ3n) is 3.58. The number of hydrogen-bond donors (Lipinski definition) is 1. The Labute approximate surface area is 137 Å². The lowest BCUT2D eigenvalue weighted by atomic mass is 9.98. The second kappa shape index (κ2) is 6.87. The molecular formula is C18H14FN3O2. The highest BCUT2D eigenvalue weighted by molar-refractivity contribution is 5.58. The minimum Gasteiger partial charge on any atom is -0.353 e. The minimum atomic E-state index is -0.497. The van der Waals surface area contributed by atoms with Crippen LogP contribution in [-0.2, 0) is 0 Å². The first-order valence-electron chi connectivity index (χ1n) is 7.31. The number of rotatable bonds is 5. The summed E-state index contributed by atoms with van der Waals surface area (Å²) in [6, 6.07) is 17.9. The van der Waals surface area contributed by atoms with Crippen LogP contribution in [-0.4, -0.2) is 9.91 Å². The van der Waals surface area contributed by atoms with E-state index in [4.69, 9.17) is 0 Å². The molecule has 120 valence electrons. The lowest BCUT2D eigenvalue weighted by molar-refractivity contribution is -0.384. The molecule has 3 rings (SSSR count). The van der Waals surface area contributed by atoms with Gasteiger partial charge in [-0.25, -0.2) is 9.37 Å². The highest BCUT2D eigenvalue weighted by Crippen LogP contribution is 2.30. The van der Waals surface area contributed by atoms with Crippen molar-refractivity contribution in [3.63, 3.8) is 0 Å². The zero-order chi connectivity index (χ0) is 16.9. The number of pyridine rings is 1. The molecule has 2 aromatic carbocycles. The fourth-order valence-corrected chi connectivity index (χ4v) is 2.48. The van der Waals surface area contributed by atoms with Crippen molar-refractivity contribution in [3.8, 4) is 0 Å². The first kappa shape index (κ1) is 15.6. The minimum absolute atomic E-state index is 0.130. The quantitative estimate of drug-likeness (QED) is 0.560. The molecule has 0 aliphatic heterocycles. The van der Waals surface area contributed by atoms with Gasteiger partial charge in [0, 0.05) is 12.3 Å². The maximum absolute atomic E-state index is 13.6. The lowest BCUT2D eigenvalue weighted by Crippen LogP contribution is -2.14. The molecular weight excluding hydrogens is 309 g/mol. The Hall–Kier alpha value is -3.28. The zero-order valence-corrected chi connectivity index (χ0v) is 12.6. The predicted octanol–water partition coefficient (Wildman–Crippen LogP) is 4.33. The summed E-state index contributed by atoms with van der Waals surface area (Å²) in [5.74, 6) is -0.230. The molecule has 3 aromatic rings. The summed E-state index contributed by atoms with van der Waals surface area (Å²) in [7, 11) is 0. The highest BCUT2D eigenvalue weighted by atomic mass is 19.1. The Kier molecular flexibility index (Phi) is 4.47. The van der Waals surface area contributed by atoms with Crippen LogP contribution in [0.3, 0.4) is 0 Å². The number of benzene rings is 2. The molecule has 0 amide bonds. The van der Waals surface area contributed by atoms with Crippen molar-refractivity contribution in [3.05, 3.63) is 100.0 Å². The second-order valence-electron chi connectivity index (χ2n) is 5.17. The van der Waals surface area contributed by atoms with Gasteiger partial charge in [0.05, 0.1) is 11.0 Å². The molecule has 1 heterocycles. The Morgan fingerprint density at radius 1 is 1.00 bits per heavy atom. The summed E-state index contributed by atoms with van der Waals surface area (Å²) >= 11 is 0. The molecule has 1 N–H and O–H groups in total. The van der Waals surface area contributed by atoms with Crippen LogP contribution >= 0.6 is 0 Å². The smallest absolute Gasteiger partial charge is 0.311 e. The molecule has 1 atom stereocenters. The molecule has 5 nitrogen and oxygen atoms in total. The summed E-state index contributed by atoms with van der Waals surface area (Å²) in [4.78, 5) is 14.8. The Balaban J connectivity index is 2.05. The maximum Gasteiger partial charge on any atom is 0.311 e. The van der Waals surface area contributed by atoms with Crippen LogP contribution in [0, 0.1) is 15.9 Å². The molecule has 0 spiro atoms. The number of aromatic nitrogens is 1. The Morgan fingerprint density at radius 3 is 2.46 bits per heavy atom. The van der Waals surface area contributed by atoms with E-state index in [0.717, 1.165) is 5.56 Å². The Morgan fingerprint density at radius 2 is 1.75 bits per heavy atom. The van der Waals surface area contributed by atoms with Gasteiger partial charge in [0.15, 0.2) is 0 Å². The van der Waals surface area contributed by atoms with E-state index in [1.54, 1.807) is 12.1 Å². The van der Waals surface area contributed by atoms with Crippen LogP contribution in [0.5, 0.6) is 0 Å². The third kappa shape index (κ3) is 3.38. The third-order valence-corrected chi connectivity index (χ3v) is 3.58. The van der Waals surface area contributed by atoms with E-state index in [1.165, 1.54) is 30.5 Å². The molecule has 0 saturated heterocycles. The summed E-state index contributed by atoms with van der Waals surface area (Å²) in [5.41, 5.74) is 1.37. The van der Waals surface area contributed by atoms with E-state index >= 15 is 0 Å². The van der Waals surface area contributed by atoms with Gasteiger partial charge in [-0.05, 0) is 29.3 Å². The van der Waals surface area contributed by atoms with E-state index in [1.807, 2.05) is 30.3 Å². The van der Waals surface area contributed by atoms with Crippen molar-refractivity contribution in [1.29, 1.82) is 0 Å². The molecule has 0 bridgehead atoms. The first-order chi connectivity index (χ1) is 11.6. The average Bonchev–Trinajstić information content (AvgIpc) is 2.60. The number of halogens is 1. The van der Waals surface area contributed by atoms with Crippen molar-refractivity contribution in [2.24, 2.45) is 0 Å². The van der Waals surface area contributed by atoms with Crippen molar-refractivity contribution in [2.45, 2.75) is 6.04 Å². The van der Waals surface area contributed by atoms with Crippen molar-refractivity contribution in [2.75, 3.05) is 5.32 Å². The van der Waals surface area contributed by atoms with Gasteiger partial charge in [-0.2, -0.15) is 0 Å². The molecule has 0 radical (unpaired) electrons.